The first-order valence-corrected chi connectivity index (χ1v) is 6.90. The molecule has 0 bridgehead atoms. The van der Waals surface area contributed by atoms with Crippen molar-refractivity contribution in [3.05, 3.63) is 51.2 Å². The Morgan fingerprint density at radius 3 is 2.58 bits per heavy atom. The fourth-order valence-electron chi connectivity index (χ4n) is 2.11. The van der Waals surface area contributed by atoms with Crippen molar-refractivity contribution in [3.8, 4) is 0 Å². The van der Waals surface area contributed by atoms with Gasteiger partial charge in [-0.25, -0.2) is 4.79 Å². The molecule has 3 nitrogen and oxygen atoms in total. The lowest BCUT2D eigenvalue weighted by Crippen LogP contribution is -2.17. The van der Waals surface area contributed by atoms with Gasteiger partial charge < -0.3 is 10.0 Å². The van der Waals surface area contributed by atoms with E-state index in [9.17, 15) is 4.79 Å². The van der Waals surface area contributed by atoms with E-state index >= 15 is 0 Å². The molecule has 100 valence electrons. The summed E-state index contributed by atoms with van der Waals surface area (Å²) in [5.41, 5.74) is 3.47. The largest absolute Gasteiger partial charge is 0.477 e. The van der Waals surface area contributed by atoms with E-state index in [0.29, 0.717) is 4.88 Å². The van der Waals surface area contributed by atoms with Gasteiger partial charge in [0, 0.05) is 24.2 Å². The second kappa shape index (κ2) is 5.45. The van der Waals surface area contributed by atoms with Gasteiger partial charge in [0.05, 0.1) is 0 Å². The molecule has 0 amide bonds. The number of para-hydroxylation sites is 1. The van der Waals surface area contributed by atoms with E-state index in [1.54, 1.807) is 6.07 Å². The highest BCUT2D eigenvalue weighted by Gasteiger charge is 2.13. The highest BCUT2D eigenvalue weighted by Crippen LogP contribution is 2.25. The summed E-state index contributed by atoms with van der Waals surface area (Å²) in [4.78, 5) is 14.6. The molecule has 0 aliphatic heterocycles. The highest BCUT2D eigenvalue weighted by atomic mass is 32.1. The number of carboxylic acids is 1. The van der Waals surface area contributed by atoms with Crippen LogP contribution in [0.1, 0.15) is 25.7 Å². The lowest BCUT2D eigenvalue weighted by atomic mass is 10.1. The molecule has 2 aromatic rings. The third-order valence-corrected chi connectivity index (χ3v) is 4.25. The first-order valence-electron chi connectivity index (χ1n) is 6.08. The van der Waals surface area contributed by atoms with Gasteiger partial charge in [-0.3, -0.25) is 0 Å². The number of aromatic carboxylic acids is 1. The van der Waals surface area contributed by atoms with Gasteiger partial charge in [-0.2, -0.15) is 0 Å². The molecule has 0 unspecified atom stereocenters. The van der Waals surface area contributed by atoms with Gasteiger partial charge in [0.1, 0.15) is 4.88 Å². The summed E-state index contributed by atoms with van der Waals surface area (Å²) in [5, 5.41) is 9.01. The molecule has 0 aliphatic rings. The maximum Gasteiger partial charge on any atom is 0.345 e. The quantitative estimate of drug-likeness (QED) is 0.925. The molecule has 0 aliphatic carbocycles. The van der Waals surface area contributed by atoms with E-state index in [1.165, 1.54) is 22.6 Å². The zero-order valence-electron chi connectivity index (χ0n) is 11.3. The van der Waals surface area contributed by atoms with Gasteiger partial charge in [-0.15, -0.1) is 11.3 Å². The van der Waals surface area contributed by atoms with E-state index in [-0.39, 0.29) is 0 Å². The Morgan fingerprint density at radius 2 is 2.00 bits per heavy atom. The minimum absolute atomic E-state index is 0.408. The molecule has 0 radical (unpaired) electrons. The lowest BCUT2D eigenvalue weighted by molar-refractivity contribution is 0.0702. The monoisotopic (exact) mass is 275 g/mol. The van der Waals surface area contributed by atoms with E-state index in [0.717, 1.165) is 17.0 Å². The lowest BCUT2D eigenvalue weighted by Gasteiger charge is -2.21. The van der Waals surface area contributed by atoms with E-state index in [2.05, 4.69) is 24.0 Å². The number of nitrogens with zero attached hydrogens (tertiary/aromatic N) is 1. The normalized spacial score (nSPS) is 10.5. The molecule has 1 aromatic heterocycles. The average Bonchev–Trinajstić information content (AvgIpc) is 2.71. The van der Waals surface area contributed by atoms with Gasteiger partial charge in [0.2, 0.25) is 0 Å². The van der Waals surface area contributed by atoms with Crippen molar-refractivity contribution in [2.24, 2.45) is 0 Å². The number of hydrogen-bond acceptors (Lipinski definition) is 3. The smallest absolute Gasteiger partial charge is 0.345 e. The summed E-state index contributed by atoms with van der Waals surface area (Å²) < 4.78 is 0. The van der Waals surface area contributed by atoms with Crippen LogP contribution in [0.3, 0.4) is 0 Å². The van der Waals surface area contributed by atoms with Crippen LogP contribution in [-0.4, -0.2) is 18.1 Å². The zero-order chi connectivity index (χ0) is 14.0. The summed E-state index contributed by atoms with van der Waals surface area (Å²) in [6, 6.07) is 9.97. The standard InChI is InChI=1S/C15H17NO2S/c1-10-6-4-5-7-13(10)16(3)9-12-8-14(15(17)18)19-11(12)2/h4-8H,9H2,1-3H3,(H,17,18). The number of hydrogen-bond donors (Lipinski definition) is 1. The maximum absolute atomic E-state index is 11.0. The second-order valence-electron chi connectivity index (χ2n) is 4.64. The number of rotatable bonds is 4. The summed E-state index contributed by atoms with van der Waals surface area (Å²) >= 11 is 1.34. The van der Waals surface area contributed by atoms with Crippen molar-refractivity contribution in [2.45, 2.75) is 20.4 Å². The number of carboxylic acid groups (broad SMARTS) is 1. The number of aryl methyl sites for hydroxylation is 2. The van der Waals surface area contributed by atoms with E-state index < -0.39 is 5.97 Å². The van der Waals surface area contributed by atoms with Crippen LogP contribution in [0.2, 0.25) is 0 Å². The number of anilines is 1. The molecule has 0 spiro atoms. The molecule has 1 aromatic carbocycles. The topological polar surface area (TPSA) is 40.5 Å². The fourth-order valence-corrected chi connectivity index (χ4v) is 2.99. The molecule has 19 heavy (non-hydrogen) atoms. The Hall–Kier alpha value is -1.81. The summed E-state index contributed by atoms with van der Waals surface area (Å²) in [5.74, 6) is -0.849. The van der Waals surface area contributed by atoms with Gasteiger partial charge in [0.25, 0.3) is 0 Å². The molecular formula is C15H17NO2S. The van der Waals surface area contributed by atoms with Crippen LogP contribution in [0, 0.1) is 13.8 Å². The van der Waals surface area contributed by atoms with E-state index in [4.69, 9.17) is 5.11 Å². The molecule has 0 fully saturated rings. The predicted octanol–water partition coefficient (Wildman–Crippen LogP) is 3.70. The summed E-state index contributed by atoms with van der Waals surface area (Å²) in [6.45, 7) is 4.77. The average molecular weight is 275 g/mol. The Labute approximate surface area is 117 Å². The van der Waals surface area contributed by atoms with Crippen LogP contribution in [0.15, 0.2) is 30.3 Å². The Balaban J connectivity index is 2.22. The SMILES string of the molecule is Cc1ccccc1N(C)Cc1cc(C(=O)O)sc1C. The van der Waals surface area contributed by atoms with Crippen molar-refractivity contribution < 1.29 is 9.90 Å². The van der Waals surface area contributed by atoms with Gasteiger partial charge >= 0.3 is 5.97 Å². The molecule has 2 rings (SSSR count). The summed E-state index contributed by atoms with van der Waals surface area (Å²) in [6.07, 6.45) is 0. The van der Waals surface area contributed by atoms with Crippen LogP contribution in [-0.2, 0) is 6.54 Å². The molecule has 0 saturated carbocycles. The maximum atomic E-state index is 11.0. The third kappa shape index (κ3) is 2.96. The predicted molar refractivity (Wildman–Crippen MR) is 79.3 cm³/mol. The van der Waals surface area contributed by atoms with E-state index in [1.807, 2.05) is 26.1 Å². The minimum Gasteiger partial charge on any atom is -0.477 e. The molecule has 0 atom stereocenters. The Morgan fingerprint density at radius 1 is 1.32 bits per heavy atom. The fraction of sp³-hybridized carbons (Fsp3) is 0.267. The molecule has 1 heterocycles. The number of thiophene rings is 1. The van der Waals surface area contributed by atoms with Crippen molar-refractivity contribution >= 4 is 23.0 Å². The van der Waals surface area contributed by atoms with Gasteiger partial charge in [-0.05, 0) is 37.1 Å². The van der Waals surface area contributed by atoms with Crippen LogP contribution in [0.4, 0.5) is 5.69 Å². The number of carbonyl (C=O) groups is 1. The third-order valence-electron chi connectivity index (χ3n) is 3.17. The molecule has 1 N–H and O–H groups in total. The van der Waals surface area contributed by atoms with Crippen molar-refractivity contribution in [2.75, 3.05) is 11.9 Å². The molecule has 4 heteroatoms. The minimum atomic E-state index is -0.849. The van der Waals surface area contributed by atoms with Crippen molar-refractivity contribution in [1.82, 2.24) is 0 Å². The Kier molecular flexibility index (Phi) is 3.90. The van der Waals surface area contributed by atoms with Crippen LogP contribution in [0.25, 0.3) is 0 Å². The van der Waals surface area contributed by atoms with Crippen LogP contribution < -0.4 is 4.90 Å². The highest BCUT2D eigenvalue weighted by molar-refractivity contribution is 7.14. The first-order chi connectivity index (χ1) is 8.99. The molecule has 0 saturated heterocycles. The van der Waals surface area contributed by atoms with Crippen molar-refractivity contribution in [3.63, 3.8) is 0 Å². The van der Waals surface area contributed by atoms with Crippen LogP contribution in [0.5, 0.6) is 0 Å². The van der Waals surface area contributed by atoms with Crippen molar-refractivity contribution in [1.29, 1.82) is 0 Å². The second-order valence-corrected chi connectivity index (χ2v) is 5.90. The first kappa shape index (κ1) is 13.6. The summed E-state index contributed by atoms with van der Waals surface area (Å²) in [7, 11) is 2.03. The van der Waals surface area contributed by atoms with Gasteiger partial charge in [0.15, 0.2) is 0 Å². The van der Waals surface area contributed by atoms with Gasteiger partial charge in [-0.1, -0.05) is 18.2 Å². The number of benzene rings is 1. The zero-order valence-corrected chi connectivity index (χ0v) is 12.1. The Bertz CT molecular complexity index is 604. The van der Waals surface area contributed by atoms with Crippen LogP contribution >= 0.6 is 11.3 Å². The molecular weight excluding hydrogens is 258 g/mol.